The maximum Gasteiger partial charge on any atom is 0.257 e. The van der Waals surface area contributed by atoms with E-state index in [4.69, 9.17) is 11.6 Å². The van der Waals surface area contributed by atoms with E-state index >= 15 is 0 Å². The van der Waals surface area contributed by atoms with Gasteiger partial charge in [-0.25, -0.2) is 0 Å². The molecule has 6 heteroatoms. The number of hydrogen-bond acceptors (Lipinski definition) is 3. The molecule has 0 aliphatic heterocycles. The van der Waals surface area contributed by atoms with Crippen molar-refractivity contribution in [2.75, 3.05) is 6.54 Å². The molecule has 3 N–H and O–H groups in total. The van der Waals surface area contributed by atoms with Crippen molar-refractivity contribution >= 4 is 29.1 Å². The predicted molar refractivity (Wildman–Crippen MR) is 104 cm³/mol. The second-order valence-corrected chi connectivity index (χ2v) is 6.07. The van der Waals surface area contributed by atoms with Crippen LogP contribution in [0.4, 0.5) is 0 Å². The largest absolute Gasteiger partial charge is 0.343 e. The molecule has 0 aliphatic rings. The summed E-state index contributed by atoms with van der Waals surface area (Å²) in [6, 6.07) is 16.2. The van der Waals surface area contributed by atoms with Gasteiger partial charge in [0.15, 0.2) is 0 Å². The molecule has 2 aromatic rings. The number of carbonyl (C=O) groups excluding carboxylic acids is 2. The molecule has 5 nitrogen and oxygen atoms in total. The highest BCUT2D eigenvalue weighted by molar-refractivity contribution is 6.30. The Morgan fingerprint density at radius 1 is 0.962 bits per heavy atom. The first-order valence-corrected chi connectivity index (χ1v) is 8.82. The zero-order chi connectivity index (χ0) is 18.8. The van der Waals surface area contributed by atoms with Crippen molar-refractivity contribution in [2.24, 2.45) is 0 Å². The number of hydrazine groups is 1. The van der Waals surface area contributed by atoms with E-state index in [9.17, 15) is 9.59 Å². The summed E-state index contributed by atoms with van der Waals surface area (Å²) >= 11 is 5.79. The van der Waals surface area contributed by atoms with Crippen molar-refractivity contribution in [2.45, 2.75) is 19.8 Å². The Balaban J connectivity index is 1.86. The van der Waals surface area contributed by atoms with Crippen LogP contribution in [0.2, 0.25) is 5.02 Å². The number of halogens is 1. The monoisotopic (exact) mass is 371 g/mol. The van der Waals surface area contributed by atoms with E-state index in [2.05, 4.69) is 23.1 Å². The van der Waals surface area contributed by atoms with Gasteiger partial charge in [0.25, 0.3) is 11.8 Å². The summed E-state index contributed by atoms with van der Waals surface area (Å²) in [6.07, 6.45) is 3.92. The highest BCUT2D eigenvalue weighted by Gasteiger charge is 2.08. The molecule has 0 aromatic heterocycles. The van der Waals surface area contributed by atoms with Crippen LogP contribution in [0.5, 0.6) is 0 Å². The lowest BCUT2D eigenvalue weighted by atomic mass is 10.1. The van der Waals surface area contributed by atoms with Gasteiger partial charge in [0, 0.05) is 10.6 Å². The molecule has 0 aliphatic carbocycles. The molecule has 0 fully saturated rings. The Labute approximate surface area is 158 Å². The average Bonchev–Trinajstić information content (AvgIpc) is 2.67. The molecule has 0 atom stereocenters. The molecule has 136 valence electrons. The van der Waals surface area contributed by atoms with Crippen molar-refractivity contribution in [1.82, 2.24) is 16.2 Å². The van der Waals surface area contributed by atoms with Gasteiger partial charge in [-0.2, -0.15) is 0 Å². The summed E-state index contributed by atoms with van der Waals surface area (Å²) in [6.45, 7) is 1.95. The summed E-state index contributed by atoms with van der Waals surface area (Å²) in [5.41, 5.74) is 7.80. The van der Waals surface area contributed by atoms with E-state index in [0.29, 0.717) is 10.6 Å². The van der Waals surface area contributed by atoms with E-state index in [1.165, 1.54) is 0 Å². The first-order chi connectivity index (χ1) is 12.6. The molecule has 0 spiro atoms. The van der Waals surface area contributed by atoms with E-state index in [0.717, 1.165) is 24.1 Å². The van der Waals surface area contributed by atoms with Crippen molar-refractivity contribution in [1.29, 1.82) is 0 Å². The third kappa shape index (κ3) is 6.26. The second-order valence-electron chi connectivity index (χ2n) is 5.64. The van der Waals surface area contributed by atoms with Gasteiger partial charge in [-0.05, 0) is 36.2 Å². The molecule has 0 saturated carbocycles. The molecule has 0 saturated heterocycles. The van der Waals surface area contributed by atoms with Crippen molar-refractivity contribution in [3.8, 4) is 0 Å². The van der Waals surface area contributed by atoms with Crippen LogP contribution in [0.3, 0.4) is 0 Å². The summed E-state index contributed by atoms with van der Waals surface area (Å²) in [5, 5.41) is 3.12. The highest BCUT2D eigenvalue weighted by atomic mass is 35.5. The fourth-order valence-electron chi connectivity index (χ4n) is 2.19. The lowest BCUT2D eigenvalue weighted by molar-refractivity contribution is -0.120. The van der Waals surface area contributed by atoms with Crippen molar-refractivity contribution < 1.29 is 9.59 Å². The van der Waals surface area contributed by atoms with Gasteiger partial charge in [0.1, 0.15) is 0 Å². The van der Waals surface area contributed by atoms with E-state index < -0.39 is 0 Å². The van der Waals surface area contributed by atoms with Gasteiger partial charge in [0.05, 0.1) is 12.2 Å². The molecule has 2 rings (SSSR count). The predicted octanol–water partition coefficient (Wildman–Crippen LogP) is 3.53. The molecule has 0 bridgehead atoms. The molecule has 2 aromatic carbocycles. The van der Waals surface area contributed by atoms with E-state index in [1.54, 1.807) is 24.3 Å². The first kappa shape index (κ1) is 19.5. The van der Waals surface area contributed by atoms with Crippen molar-refractivity contribution in [3.05, 3.63) is 76.8 Å². The third-order valence-electron chi connectivity index (χ3n) is 3.57. The highest BCUT2D eigenvalue weighted by Crippen LogP contribution is 2.11. The third-order valence-corrected chi connectivity index (χ3v) is 3.83. The molecular formula is C20H22ClN3O2. The van der Waals surface area contributed by atoms with Gasteiger partial charge >= 0.3 is 0 Å². The fraction of sp³-hybridized carbons (Fsp3) is 0.200. The van der Waals surface area contributed by atoms with Crippen LogP contribution in [-0.2, 0) is 4.79 Å². The molecule has 0 heterocycles. The molecule has 2 amide bonds. The van der Waals surface area contributed by atoms with E-state index in [-0.39, 0.29) is 18.4 Å². The van der Waals surface area contributed by atoms with Gasteiger partial charge in [-0.3, -0.25) is 20.4 Å². The lowest BCUT2D eigenvalue weighted by Gasteiger charge is -2.13. The molecule has 26 heavy (non-hydrogen) atoms. The van der Waals surface area contributed by atoms with Crippen LogP contribution >= 0.6 is 11.6 Å². The zero-order valence-electron chi connectivity index (χ0n) is 14.6. The number of benzene rings is 2. The summed E-state index contributed by atoms with van der Waals surface area (Å²) < 4.78 is 0. The number of carbonyl (C=O) groups is 2. The molecular weight excluding hydrogens is 350 g/mol. The van der Waals surface area contributed by atoms with Gasteiger partial charge in [-0.1, -0.05) is 61.4 Å². The quantitative estimate of drug-likeness (QED) is 0.622. The number of rotatable bonds is 8. The lowest BCUT2D eigenvalue weighted by Crippen LogP contribution is -2.43. The number of allylic oxidation sites excluding steroid dienone is 1. The number of hydrogen-bond donors (Lipinski definition) is 3. The van der Waals surface area contributed by atoms with Crippen LogP contribution in [0.1, 0.15) is 35.7 Å². The first-order valence-electron chi connectivity index (χ1n) is 8.44. The summed E-state index contributed by atoms with van der Waals surface area (Å²) in [4.78, 5) is 24.0. The van der Waals surface area contributed by atoms with E-state index in [1.807, 2.05) is 36.4 Å². The molecule has 0 unspecified atom stereocenters. The zero-order valence-corrected chi connectivity index (χ0v) is 15.3. The Morgan fingerprint density at radius 2 is 1.65 bits per heavy atom. The minimum absolute atomic E-state index is 0.135. The van der Waals surface area contributed by atoms with Crippen LogP contribution in [-0.4, -0.2) is 18.4 Å². The smallest absolute Gasteiger partial charge is 0.257 e. The Hall–Kier alpha value is -2.79. The fourth-order valence-corrected chi connectivity index (χ4v) is 2.32. The van der Waals surface area contributed by atoms with Crippen molar-refractivity contribution in [3.63, 3.8) is 0 Å². The topological polar surface area (TPSA) is 70.2 Å². The second kappa shape index (κ2) is 10.3. The Bertz CT molecular complexity index is 758. The summed E-state index contributed by atoms with van der Waals surface area (Å²) in [7, 11) is 0. The minimum Gasteiger partial charge on any atom is -0.343 e. The van der Waals surface area contributed by atoms with Crippen LogP contribution < -0.4 is 16.2 Å². The Morgan fingerprint density at radius 3 is 2.31 bits per heavy atom. The van der Waals surface area contributed by atoms with Gasteiger partial charge < -0.3 is 5.32 Å². The Kier molecular flexibility index (Phi) is 7.71. The standard InChI is InChI=1S/C20H22ClN3O2/c1-2-3-9-18(15-7-5-4-6-8-15)23-24-19(25)14-22-20(26)16-10-12-17(21)13-11-16/h4-13,23H,2-3,14H2,1H3,(H,22,26)(H,24,25). The average molecular weight is 372 g/mol. The van der Waals surface area contributed by atoms with Crippen LogP contribution in [0.25, 0.3) is 5.70 Å². The summed E-state index contributed by atoms with van der Waals surface area (Å²) in [5.74, 6) is -0.674. The maximum atomic E-state index is 12.0. The minimum atomic E-state index is -0.342. The van der Waals surface area contributed by atoms with Gasteiger partial charge in [-0.15, -0.1) is 0 Å². The number of amides is 2. The molecule has 0 radical (unpaired) electrons. The van der Waals surface area contributed by atoms with Gasteiger partial charge in [0.2, 0.25) is 0 Å². The normalized spacial score (nSPS) is 10.9. The SMILES string of the molecule is CCCC=C(NNC(=O)CNC(=O)c1ccc(Cl)cc1)c1ccccc1. The van der Waals surface area contributed by atoms with Crippen LogP contribution in [0.15, 0.2) is 60.7 Å². The number of unbranched alkanes of at least 4 members (excludes halogenated alkanes) is 1. The van der Waals surface area contributed by atoms with Crippen LogP contribution in [0, 0.1) is 0 Å². The number of nitrogens with one attached hydrogen (secondary N) is 3. The maximum absolute atomic E-state index is 12.0.